The Morgan fingerprint density at radius 3 is 2.52 bits per heavy atom. The van der Waals surface area contributed by atoms with Crippen molar-refractivity contribution in [3.8, 4) is 11.5 Å². The number of rotatable bonds is 5. The summed E-state index contributed by atoms with van der Waals surface area (Å²) in [5.41, 5.74) is 7.77. The Balaban J connectivity index is 2.47. The summed E-state index contributed by atoms with van der Waals surface area (Å²) in [5.74, 6) is 0.427. The maximum absolute atomic E-state index is 13.8. The first-order valence-electron chi connectivity index (χ1n) is 6.67. The van der Waals surface area contributed by atoms with Crippen LogP contribution in [0.4, 0.5) is 21.5 Å². The van der Waals surface area contributed by atoms with E-state index in [1.54, 1.807) is 20.1 Å². The molecule has 2 aromatic rings. The fraction of sp³-hybridized carbons (Fsp3) is 0.250. The fourth-order valence-corrected chi connectivity index (χ4v) is 2.15. The van der Waals surface area contributed by atoms with Crippen LogP contribution in [0.25, 0.3) is 0 Å². The largest absolute Gasteiger partial charge is 0.495 e. The van der Waals surface area contributed by atoms with E-state index in [0.29, 0.717) is 23.7 Å². The zero-order valence-corrected chi connectivity index (χ0v) is 12.4. The summed E-state index contributed by atoms with van der Waals surface area (Å²) < 4.78 is 24.4. The molecular formula is C16H19FN2O2. The molecule has 0 aromatic heterocycles. The van der Waals surface area contributed by atoms with Crippen LogP contribution >= 0.6 is 0 Å². The molecule has 0 atom stereocenters. The van der Waals surface area contributed by atoms with Crippen molar-refractivity contribution < 1.29 is 13.9 Å². The van der Waals surface area contributed by atoms with Gasteiger partial charge in [-0.25, -0.2) is 4.39 Å². The summed E-state index contributed by atoms with van der Waals surface area (Å²) in [5, 5.41) is 0. The third-order valence-corrected chi connectivity index (χ3v) is 3.19. The predicted octanol–water partition coefficient (Wildman–Crippen LogP) is 3.58. The number of halogens is 1. The SMILES string of the molecule is CCOc1cc(N(C)c2ccccc2OC)c(N)cc1F. The number of hydrogen-bond acceptors (Lipinski definition) is 4. The minimum Gasteiger partial charge on any atom is -0.495 e. The van der Waals surface area contributed by atoms with Crippen LogP contribution in [-0.2, 0) is 0 Å². The van der Waals surface area contributed by atoms with Gasteiger partial charge in [0.15, 0.2) is 11.6 Å². The molecule has 0 aliphatic carbocycles. The van der Waals surface area contributed by atoms with E-state index in [4.69, 9.17) is 15.2 Å². The van der Waals surface area contributed by atoms with Crippen molar-refractivity contribution in [3.05, 3.63) is 42.2 Å². The lowest BCUT2D eigenvalue weighted by Crippen LogP contribution is -2.13. The molecule has 0 amide bonds. The molecule has 5 heteroatoms. The lowest BCUT2D eigenvalue weighted by Gasteiger charge is -2.24. The average Bonchev–Trinajstić information content (AvgIpc) is 2.49. The van der Waals surface area contributed by atoms with E-state index in [1.807, 2.05) is 36.2 Å². The van der Waals surface area contributed by atoms with Gasteiger partial charge in [0.2, 0.25) is 0 Å². The van der Waals surface area contributed by atoms with Gasteiger partial charge >= 0.3 is 0 Å². The number of nitrogens with zero attached hydrogens (tertiary/aromatic N) is 1. The van der Waals surface area contributed by atoms with Crippen LogP contribution in [-0.4, -0.2) is 20.8 Å². The van der Waals surface area contributed by atoms with Crippen molar-refractivity contribution in [3.63, 3.8) is 0 Å². The molecule has 21 heavy (non-hydrogen) atoms. The Morgan fingerprint density at radius 1 is 1.14 bits per heavy atom. The molecular weight excluding hydrogens is 271 g/mol. The maximum atomic E-state index is 13.8. The second-order valence-electron chi connectivity index (χ2n) is 4.51. The summed E-state index contributed by atoms with van der Waals surface area (Å²) in [6.07, 6.45) is 0. The number of para-hydroxylation sites is 2. The van der Waals surface area contributed by atoms with Crippen LogP contribution in [0.5, 0.6) is 11.5 Å². The smallest absolute Gasteiger partial charge is 0.167 e. The monoisotopic (exact) mass is 290 g/mol. The van der Waals surface area contributed by atoms with Crippen molar-refractivity contribution >= 4 is 17.1 Å². The average molecular weight is 290 g/mol. The first-order chi connectivity index (χ1) is 10.1. The lowest BCUT2D eigenvalue weighted by atomic mass is 10.2. The molecule has 0 radical (unpaired) electrons. The third kappa shape index (κ3) is 3.02. The highest BCUT2D eigenvalue weighted by Crippen LogP contribution is 2.37. The molecule has 0 saturated heterocycles. The maximum Gasteiger partial charge on any atom is 0.167 e. The number of ether oxygens (including phenoxy) is 2. The predicted molar refractivity (Wildman–Crippen MR) is 83.0 cm³/mol. The van der Waals surface area contributed by atoms with Gasteiger partial charge in [-0.05, 0) is 19.1 Å². The summed E-state index contributed by atoms with van der Waals surface area (Å²) >= 11 is 0. The van der Waals surface area contributed by atoms with Gasteiger partial charge in [0.1, 0.15) is 5.75 Å². The Hall–Kier alpha value is -2.43. The molecule has 0 heterocycles. The molecule has 112 valence electrons. The molecule has 2 aromatic carbocycles. The Morgan fingerprint density at radius 2 is 1.86 bits per heavy atom. The van der Waals surface area contributed by atoms with E-state index in [0.717, 1.165) is 5.69 Å². The normalized spacial score (nSPS) is 10.3. The van der Waals surface area contributed by atoms with Gasteiger partial charge in [-0.3, -0.25) is 0 Å². The first kappa shape index (κ1) is 15.0. The van der Waals surface area contributed by atoms with Crippen LogP contribution in [0, 0.1) is 5.82 Å². The highest BCUT2D eigenvalue weighted by molar-refractivity contribution is 5.78. The number of nitrogen functional groups attached to an aromatic ring is 1. The van der Waals surface area contributed by atoms with Crippen molar-refractivity contribution in [2.24, 2.45) is 0 Å². The summed E-state index contributed by atoms with van der Waals surface area (Å²) in [6, 6.07) is 10.4. The van der Waals surface area contributed by atoms with Gasteiger partial charge in [-0.1, -0.05) is 12.1 Å². The van der Waals surface area contributed by atoms with E-state index >= 15 is 0 Å². The molecule has 0 spiro atoms. The fourth-order valence-electron chi connectivity index (χ4n) is 2.15. The van der Waals surface area contributed by atoms with Crippen molar-refractivity contribution in [2.45, 2.75) is 6.92 Å². The third-order valence-electron chi connectivity index (χ3n) is 3.19. The van der Waals surface area contributed by atoms with Crippen molar-refractivity contribution in [1.82, 2.24) is 0 Å². The highest BCUT2D eigenvalue weighted by Gasteiger charge is 2.15. The molecule has 0 aliphatic heterocycles. The van der Waals surface area contributed by atoms with Gasteiger partial charge < -0.3 is 20.1 Å². The van der Waals surface area contributed by atoms with Crippen LogP contribution in [0.1, 0.15) is 6.92 Å². The van der Waals surface area contributed by atoms with Gasteiger partial charge in [-0.15, -0.1) is 0 Å². The number of nitrogens with two attached hydrogens (primary N) is 1. The second-order valence-corrected chi connectivity index (χ2v) is 4.51. The van der Waals surface area contributed by atoms with Gasteiger partial charge in [0.25, 0.3) is 0 Å². The van der Waals surface area contributed by atoms with Crippen LogP contribution in [0.15, 0.2) is 36.4 Å². The summed E-state index contributed by atoms with van der Waals surface area (Å²) in [4.78, 5) is 1.84. The van der Waals surface area contributed by atoms with E-state index in [9.17, 15) is 4.39 Å². The Bertz CT molecular complexity index is 632. The standard InChI is InChI=1S/C16H19FN2O2/c1-4-21-16-10-14(12(18)9-11(16)17)19(2)13-7-5-6-8-15(13)20-3/h5-10H,4,18H2,1-3H3. The van der Waals surface area contributed by atoms with E-state index in [1.165, 1.54) is 6.07 Å². The van der Waals surface area contributed by atoms with Crippen LogP contribution in [0.2, 0.25) is 0 Å². The van der Waals surface area contributed by atoms with Gasteiger partial charge in [0.05, 0.1) is 30.8 Å². The highest BCUT2D eigenvalue weighted by atomic mass is 19.1. The van der Waals surface area contributed by atoms with Crippen molar-refractivity contribution in [1.29, 1.82) is 0 Å². The first-order valence-corrected chi connectivity index (χ1v) is 6.67. The Labute approximate surface area is 123 Å². The Kier molecular flexibility index (Phi) is 4.52. The number of methoxy groups -OCH3 is 1. The zero-order chi connectivity index (χ0) is 15.4. The summed E-state index contributed by atoms with van der Waals surface area (Å²) in [6.45, 7) is 2.19. The quantitative estimate of drug-likeness (QED) is 0.855. The van der Waals surface area contributed by atoms with E-state index in [-0.39, 0.29) is 5.75 Å². The van der Waals surface area contributed by atoms with Crippen molar-refractivity contribution in [2.75, 3.05) is 31.4 Å². The molecule has 2 N–H and O–H groups in total. The molecule has 0 unspecified atom stereocenters. The second kappa shape index (κ2) is 6.35. The van der Waals surface area contributed by atoms with Crippen LogP contribution < -0.4 is 20.1 Å². The number of anilines is 3. The molecule has 2 rings (SSSR count). The summed E-state index contributed by atoms with van der Waals surface area (Å²) in [7, 11) is 3.45. The van der Waals surface area contributed by atoms with Gasteiger partial charge in [0, 0.05) is 19.2 Å². The molecule has 0 saturated carbocycles. The minimum absolute atomic E-state index is 0.184. The number of hydrogen-bond donors (Lipinski definition) is 1. The zero-order valence-electron chi connectivity index (χ0n) is 12.4. The number of benzene rings is 2. The molecule has 0 fully saturated rings. The van der Waals surface area contributed by atoms with Crippen LogP contribution in [0.3, 0.4) is 0 Å². The van der Waals surface area contributed by atoms with E-state index < -0.39 is 5.82 Å². The molecule has 0 aliphatic rings. The lowest BCUT2D eigenvalue weighted by molar-refractivity contribution is 0.322. The topological polar surface area (TPSA) is 47.7 Å². The molecule has 4 nitrogen and oxygen atoms in total. The minimum atomic E-state index is -0.466. The van der Waals surface area contributed by atoms with Gasteiger partial charge in [-0.2, -0.15) is 0 Å². The molecule has 0 bridgehead atoms. The van der Waals surface area contributed by atoms with E-state index in [2.05, 4.69) is 0 Å².